The maximum Gasteiger partial charge on any atom is 0.257 e. The van der Waals surface area contributed by atoms with E-state index in [2.05, 4.69) is 20.6 Å². The molecule has 1 aliphatic heterocycles. The molecule has 2 N–H and O–H groups in total. The van der Waals surface area contributed by atoms with E-state index in [1.54, 1.807) is 36.7 Å². The quantitative estimate of drug-likeness (QED) is 0.725. The summed E-state index contributed by atoms with van der Waals surface area (Å²) in [5.74, 6) is 1.06. The molecular weight excluding hydrogens is 344 g/mol. The van der Waals surface area contributed by atoms with Crippen LogP contribution >= 0.6 is 0 Å². The molecule has 7 heteroatoms. The number of benzene rings is 1. The van der Waals surface area contributed by atoms with Crippen LogP contribution in [0.4, 0.5) is 11.4 Å². The zero-order valence-electron chi connectivity index (χ0n) is 14.5. The molecule has 0 radical (unpaired) electrons. The normalized spacial score (nSPS) is 12.3. The van der Waals surface area contributed by atoms with Crippen molar-refractivity contribution in [1.82, 2.24) is 9.97 Å². The van der Waals surface area contributed by atoms with Crippen molar-refractivity contribution in [3.05, 3.63) is 72.3 Å². The third kappa shape index (κ3) is 4.14. The first kappa shape index (κ1) is 16.8. The highest BCUT2D eigenvalue weighted by molar-refractivity contribution is 6.04. The minimum Gasteiger partial charge on any atom is -0.486 e. The number of nitrogens with zero attached hydrogens (tertiary/aromatic N) is 2. The van der Waals surface area contributed by atoms with Gasteiger partial charge in [-0.2, -0.15) is 0 Å². The van der Waals surface area contributed by atoms with Gasteiger partial charge in [-0.25, -0.2) is 0 Å². The maximum atomic E-state index is 12.5. The first-order valence-corrected chi connectivity index (χ1v) is 8.58. The predicted octanol–water partition coefficient (Wildman–Crippen LogP) is 3.11. The van der Waals surface area contributed by atoms with Crippen LogP contribution in [0.3, 0.4) is 0 Å². The number of nitrogens with one attached hydrogen (secondary N) is 2. The summed E-state index contributed by atoms with van der Waals surface area (Å²) in [6.07, 6.45) is 4.94. The highest BCUT2D eigenvalue weighted by Crippen LogP contribution is 2.32. The van der Waals surface area contributed by atoms with Gasteiger partial charge in [0, 0.05) is 30.3 Å². The van der Waals surface area contributed by atoms with Crippen LogP contribution in [-0.4, -0.2) is 29.1 Å². The molecule has 0 saturated heterocycles. The standard InChI is InChI=1S/C20H18N4O3/c25-20(24-15-4-5-18-19(10-15)27-8-7-26-18)14-9-17(12-21-11-14)23-13-16-3-1-2-6-22-16/h1-6,9-12,23H,7-8,13H2,(H,24,25). The third-order valence-corrected chi connectivity index (χ3v) is 4.00. The van der Waals surface area contributed by atoms with Crippen molar-refractivity contribution in [3.8, 4) is 11.5 Å². The van der Waals surface area contributed by atoms with E-state index in [-0.39, 0.29) is 5.91 Å². The Labute approximate surface area is 156 Å². The van der Waals surface area contributed by atoms with Gasteiger partial charge < -0.3 is 20.1 Å². The zero-order chi connectivity index (χ0) is 18.5. The molecule has 1 aliphatic rings. The Hall–Kier alpha value is -3.61. The number of anilines is 2. The second-order valence-corrected chi connectivity index (χ2v) is 5.95. The molecule has 0 unspecified atom stereocenters. The third-order valence-electron chi connectivity index (χ3n) is 4.00. The molecule has 1 aromatic carbocycles. The Bertz CT molecular complexity index is 947. The highest BCUT2D eigenvalue weighted by atomic mass is 16.6. The van der Waals surface area contributed by atoms with E-state index < -0.39 is 0 Å². The van der Waals surface area contributed by atoms with Crippen molar-refractivity contribution in [2.45, 2.75) is 6.54 Å². The van der Waals surface area contributed by atoms with Gasteiger partial charge in [-0.15, -0.1) is 0 Å². The summed E-state index contributed by atoms with van der Waals surface area (Å²) in [6.45, 7) is 1.58. The van der Waals surface area contributed by atoms with E-state index in [0.717, 1.165) is 11.4 Å². The average Bonchev–Trinajstić information content (AvgIpc) is 2.73. The number of hydrogen-bond donors (Lipinski definition) is 2. The number of rotatable bonds is 5. The van der Waals surface area contributed by atoms with Gasteiger partial charge in [0.05, 0.1) is 23.5 Å². The van der Waals surface area contributed by atoms with Crippen LogP contribution in [0, 0.1) is 0 Å². The lowest BCUT2D eigenvalue weighted by molar-refractivity contribution is 0.102. The van der Waals surface area contributed by atoms with E-state index in [0.29, 0.717) is 42.5 Å². The topological polar surface area (TPSA) is 85.4 Å². The van der Waals surface area contributed by atoms with Crippen LogP contribution in [0.1, 0.15) is 16.1 Å². The number of carbonyl (C=O) groups is 1. The minimum absolute atomic E-state index is 0.249. The van der Waals surface area contributed by atoms with Gasteiger partial charge in [-0.1, -0.05) is 6.07 Å². The molecular formula is C20H18N4O3. The van der Waals surface area contributed by atoms with E-state index in [4.69, 9.17) is 9.47 Å². The number of hydrogen-bond acceptors (Lipinski definition) is 6. The molecule has 0 fully saturated rings. The number of amides is 1. The first-order chi connectivity index (χ1) is 13.3. The minimum atomic E-state index is -0.249. The molecule has 0 aliphatic carbocycles. The Morgan fingerprint density at radius 1 is 1.00 bits per heavy atom. The van der Waals surface area contributed by atoms with Crippen LogP contribution in [-0.2, 0) is 6.54 Å². The fourth-order valence-corrected chi connectivity index (χ4v) is 2.68. The summed E-state index contributed by atoms with van der Waals surface area (Å²) in [4.78, 5) is 20.9. The summed E-state index contributed by atoms with van der Waals surface area (Å²) in [7, 11) is 0. The summed E-state index contributed by atoms with van der Waals surface area (Å²) in [5, 5.41) is 6.07. The van der Waals surface area contributed by atoms with Crippen molar-refractivity contribution in [2.75, 3.05) is 23.8 Å². The number of carbonyl (C=O) groups excluding carboxylic acids is 1. The maximum absolute atomic E-state index is 12.5. The molecule has 7 nitrogen and oxygen atoms in total. The molecule has 0 bridgehead atoms. The van der Waals surface area contributed by atoms with E-state index in [9.17, 15) is 4.79 Å². The smallest absolute Gasteiger partial charge is 0.257 e. The highest BCUT2D eigenvalue weighted by Gasteiger charge is 2.14. The van der Waals surface area contributed by atoms with Crippen molar-refractivity contribution in [1.29, 1.82) is 0 Å². The van der Waals surface area contributed by atoms with Crippen molar-refractivity contribution >= 4 is 17.3 Å². The zero-order valence-corrected chi connectivity index (χ0v) is 14.5. The summed E-state index contributed by atoms with van der Waals surface area (Å²) < 4.78 is 11.0. The number of ether oxygens (including phenoxy) is 2. The van der Waals surface area contributed by atoms with Crippen molar-refractivity contribution in [3.63, 3.8) is 0 Å². The molecule has 0 atom stereocenters. The second-order valence-electron chi connectivity index (χ2n) is 5.95. The summed E-state index contributed by atoms with van der Waals surface area (Å²) in [5.41, 5.74) is 2.74. The van der Waals surface area contributed by atoms with Gasteiger partial charge >= 0.3 is 0 Å². The van der Waals surface area contributed by atoms with Gasteiger partial charge in [0.1, 0.15) is 13.2 Å². The van der Waals surface area contributed by atoms with E-state index >= 15 is 0 Å². The second kappa shape index (κ2) is 7.74. The molecule has 4 rings (SSSR count). The largest absolute Gasteiger partial charge is 0.486 e. The molecule has 0 saturated carbocycles. The van der Waals surface area contributed by atoms with Gasteiger partial charge in [0.15, 0.2) is 11.5 Å². The average molecular weight is 362 g/mol. The molecule has 3 aromatic rings. The van der Waals surface area contributed by atoms with E-state index in [1.165, 1.54) is 6.20 Å². The number of pyridine rings is 2. The van der Waals surface area contributed by atoms with Gasteiger partial charge in [0.2, 0.25) is 0 Å². The molecule has 2 aromatic heterocycles. The van der Waals surface area contributed by atoms with Gasteiger partial charge in [0.25, 0.3) is 5.91 Å². The molecule has 3 heterocycles. The van der Waals surface area contributed by atoms with E-state index in [1.807, 2.05) is 18.2 Å². The molecule has 0 spiro atoms. The Morgan fingerprint density at radius 2 is 1.89 bits per heavy atom. The molecule has 1 amide bonds. The number of fused-ring (bicyclic) bond motifs is 1. The Kier molecular flexibility index (Phi) is 4.82. The van der Waals surface area contributed by atoms with Gasteiger partial charge in [-0.3, -0.25) is 14.8 Å². The lowest BCUT2D eigenvalue weighted by Gasteiger charge is -2.19. The lowest BCUT2D eigenvalue weighted by Crippen LogP contribution is -2.16. The Morgan fingerprint density at radius 3 is 2.74 bits per heavy atom. The van der Waals surface area contributed by atoms with Crippen molar-refractivity contribution < 1.29 is 14.3 Å². The fourth-order valence-electron chi connectivity index (χ4n) is 2.68. The number of aromatic nitrogens is 2. The van der Waals surface area contributed by atoms with Crippen molar-refractivity contribution in [2.24, 2.45) is 0 Å². The first-order valence-electron chi connectivity index (χ1n) is 8.58. The van der Waals surface area contributed by atoms with Gasteiger partial charge in [-0.05, 0) is 30.3 Å². The fraction of sp³-hybridized carbons (Fsp3) is 0.150. The van der Waals surface area contributed by atoms with Crippen LogP contribution < -0.4 is 20.1 Å². The monoisotopic (exact) mass is 362 g/mol. The SMILES string of the molecule is O=C(Nc1ccc2c(c1)OCCO2)c1cncc(NCc2ccccn2)c1. The van der Waals surface area contributed by atoms with Crippen LogP contribution in [0.5, 0.6) is 11.5 Å². The lowest BCUT2D eigenvalue weighted by atomic mass is 10.2. The van der Waals surface area contributed by atoms with Crippen LogP contribution in [0.25, 0.3) is 0 Å². The molecule has 27 heavy (non-hydrogen) atoms. The summed E-state index contributed by atoms with van der Waals surface area (Å²) in [6, 6.07) is 12.8. The van der Waals surface area contributed by atoms with Crippen LogP contribution in [0.15, 0.2) is 61.1 Å². The summed E-state index contributed by atoms with van der Waals surface area (Å²) >= 11 is 0. The predicted molar refractivity (Wildman–Crippen MR) is 101 cm³/mol. The van der Waals surface area contributed by atoms with Crippen LogP contribution in [0.2, 0.25) is 0 Å². The Balaban J connectivity index is 1.43. The molecule has 136 valence electrons.